The molecule has 0 fully saturated rings. The topological polar surface area (TPSA) is 20.2 Å². The summed E-state index contributed by atoms with van der Waals surface area (Å²) >= 11 is 3.39. The Morgan fingerprint density at radius 2 is 1.77 bits per heavy atom. The van der Waals surface area contributed by atoms with E-state index in [1.807, 2.05) is 13.0 Å². The average Bonchev–Trinajstić information content (AvgIpc) is 1.94. The van der Waals surface area contributed by atoms with Crippen LogP contribution in [0.15, 0.2) is 16.6 Å². The fourth-order valence-corrected chi connectivity index (χ4v) is 1.60. The van der Waals surface area contributed by atoms with Crippen LogP contribution in [0.4, 0.5) is 0 Å². The molecule has 1 aromatic carbocycles. The normalized spacial score (nSPS) is 11.8. The molecular weight excluding hydrogens is 228 g/mol. The fraction of sp³-hybridized carbons (Fsp3) is 0.455. The smallest absolute Gasteiger partial charge is 0.120 e. The standard InChI is InChI=1S/C11H15BrO/c1-7-5-8(11(2,3)4)10(13)6-9(7)12/h5-6,13H,1-4H3. The molecule has 0 spiro atoms. The van der Waals surface area contributed by atoms with Gasteiger partial charge in [-0.15, -0.1) is 0 Å². The third kappa shape index (κ3) is 2.25. The van der Waals surface area contributed by atoms with Crippen LogP contribution in [-0.2, 0) is 5.41 Å². The summed E-state index contributed by atoms with van der Waals surface area (Å²) in [5.41, 5.74) is 2.14. The van der Waals surface area contributed by atoms with E-state index in [0.717, 1.165) is 15.6 Å². The number of phenols is 1. The third-order valence-corrected chi connectivity index (χ3v) is 2.94. The first-order valence-electron chi connectivity index (χ1n) is 4.32. The minimum Gasteiger partial charge on any atom is -0.508 e. The molecule has 1 nitrogen and oxygen atoms in total. The zero-order chi connectivity index (χ0) is 10.2. The quantitative estimate of drug-likeness (QED) is 0.735. The Kier molecular flexibility index (Phi) is 2.71. The summed E-state index contributed by atoms with van der Waals surface area (Å²) in [4.78, 5) is 0. The summed E-state index contributed by atoms with van der Waals surface area (Å²) in [6, 6.07) is 3.79. The molecule has 1 rings (SSSR count). The van der Waals surface area contributed by atoms with E-state index >= 15 is 0 Å². The van der Waals surface area contributed by atoms with E-state index < -0.39 is 0 Å². The maximum Gasteiger partial charge on any atom is 0.120 e. The van der Waals surface area contributed by atoms with Gasteiger partial charge in [0.15, 0.2) is 0 Å². The minimum atomic E-state index is -0.00442. The highest BCUT2D eigenvalue weighted by Crippen LogP contribution is 2.34. The van der Waals surface area contributed by atoms with Crippen molar-refractivity contribution >= 4 is 15.9 Å². The van der Waals surface area contributed by atoms with Crippen molar-refractivity contribution in [1.29, 1.82) is 0 Å². The number of halogens is 1. The summed E-state index contributed by atoms with van der Waals surface area (Å²) in [5, 5.41) is 9.72. The SMILES string of the molecule is Cc1cc(C(C)(C)C)c(O)cc1Br. The summed E-state index contributed by atoms with van der Waals surface area (Å²) in [5.74, 6) is 0.366. The third-order valence-electron chi connectivity index (χ3n) is 2.08. The molecule has 0 bridgehead atoms. The van der Waals surface area contributed by atoms with Crippen LogP contribution in [0, 0.1) is 6.92 Å². The number of phenolic OH excluding ortho intramolecular Hbond substituents is 1. The number of hydrogen-bond donors (Lipinski definition) is 1. The highest BCUT2D eigenvalue weighted by molar-refractivity contribution is 9.10. The van der Waals surface area contributed by atoms with Crippen LogP contribution in [0.3, 0.4) is 0 Å². The largest absolute Gasteiger partial charge is 0.508 e. The molecule has 0 radical (unpaired) electrons. The van der Waals surface area contributed by atoms with E-state index in [-0.39, 0.29) is 5.41 Å². The minimum absolute atomic E-state index is 0.00442. The van der Waals surface area contributed by atoms with Crippen molar-refractivity contribution in [2.75, 3.05) is 0 Å². The summed E-state index contributed by atoms with van der Waals surface area (Å²) < 4.78 is 0.956. The van der Waals surface area contributed by atoms with E-state index in [2.05, 4.69) is 36.7 Å². The number of aromatic hydroxyl groups is 1. The van der Waals surface area contributed by atoms with E-state index in [4.69, 9.17) is 0 Å². The van der Waals surface area contributed by atoms with Gasteiger partial charge in [-0.3, -0.25) is 0 Å². The number of rotatable bonds is 0. The van der Waals surface area contributed by atoms with Gasteiger partial charge in [0.25, 0.3) is 0 Å². The second kappa shape index (κ2) is 3.33. The molecule has 0 aliphatic heterocycles. The van der Waals surface area contributed by atoms with Crippen molar-refractivity contribution in [3.63, 3.8) is 0 Å². The molecule has 0 aliphatic carbocycles. The first-order chi connectivity index (χ1) is 5.82. The maximum atomic E-state index is 9.72. The summed E-state index contributed by atoms with van der Waals surface area (Å²) in [6.07, 6.45) is 0. The van der Waals surface area contributed by atoms with Crippen LogP contribution in [0.2, 0.25) is 0 Å². The Morgan fingerprint density at radius 1 is 1.23 bits per heavy atom. The molecule has 0 amide bonds. The van der Waals surface area contributed by atoms with Crippen LogP contribution in [0.25, 0.3) is 0 Å². The van der Waals surface area contributed by atoms with Gasteiger partial charge < -0.3 is 5.11 Å². The van der Waals surface area contributed by atoms with E-state index in [1.165, 1.54) is 0 Å². The number of aryl methyl sites for hydroxylation is 1. The van der Waals surface area contributed by atoms with E-state index in [9.17, 15) is 5.11 Å². The van der Waals surface area contributed by atoms with Gasteiger partial charge in [-0.05, 0) is 29.5 Å². The summed E-state index contributed by atoms with van der Waals surface area (Å²) in [6.45, 7) is 8.30. The molecule has 0 aliphatic rings. The van der Waals surface area contributed by atoms with Crippen LogP contribution in [0.5, 0.6) is 5.75 Å². The lowest BCUT2D eigenvalue weighted by Crippen LogP contribution is -2.11. The van der Waals surface area contributed by atoms with Gasteiger partial charge in [-0.1, -0.05) is 42.8 Å². The Balaban J connectivity index is 3.32. The molecule has 0 atom stereocenters. The van der Waals surface area contributed by atoms with Crippen LogP contribution < -0.4 is 0 Å². The predicted octanol–water partition coefficient (Wildman–Crippen LogP) is 3.76. The van der Waals surface area contributed by atoms with Gasteiger partial charge in [-0.2, -0.15) is 0 Å². The van der Waals surface area contributed by atoms with Crippen molar-refractivity contribution in [3.8, 4) is 5.75 Å². The van der Waals surface area contributed by atoms with Crippen molar-refractivity contribution < 1.29 is 5.11 Å². The van der Waals surface area contributed by atoms with Gasteiger partial charge in [0, 0.05) is 4.47 Å². The van der Waals surface area contributed by atoms with Crippen molar-refractivity contribution in [2.45, 2.75) is 33.1 Å². The van der Waals surface area contributed by atoms with E-state index in [0.29, 0.717) is 5.75 Å². The molecule has 0 saturated carbocycles. The molecule has 0 heterocycles. The van der Waals surface area contributed by atoms with Crippen LogP contribution in [0.1, 0.15) is 31.9 Å². The van der Waals surface area contributed by atoms with Gasteiger partial charge in [0.05, 0.1) is 0 Å². The second-order valence-corrected chi connectivity index (χ2v) is 5.22. The van der Waals surface area contributed by atoms with E-state index in [1.54, 1.807) is 6.07 Å². The first kappa shape index (κ1) is 10.6. The van der Waals surface area contributed by atoms with Gasteiger partial charge in [-0.25, -0.2) is 0 Å². The molecule has 2 heteroatoms. The van der Waals surface area contributed by atoms with Gasteiger partial charge in [0.1, 0.15) is 5.75 Å². The molecule has 0 unspecified atom stereocenters. The molecule has 0 aromatic heterocycles. The Hall–Kier alpha value is -0.500. The first-order valence-corrected chi connectivity index (χ1v) is 5.11. The lowest BCUT2D eigenvalue weighted by Gasteiger charge is -2.21. The highest BCUT2D eigenvalue weighted by Gasteiger charge is 2.18. The van der Waals surface area contributed by atoms with Gasteiger partial charge >= 0.3 is 0 Å². The molecule has 0 saturated heterocycles. The molecular formula is C11H15BrO. The molecule has 1 aromatic rings. The average molecular weight is 243 g/mol. The van der Waals surface area contributed by atoms with Crippen molar-refractivity contribution in [3.05, 3.63) is 27.7 Å². The van der Waals surface area contributed by atoms with Crippen LogP contribution in [-0.4, -0.2) is 5.11 Å². The molecule has 1 N–H and O–H groups in total. The number of hydrogen-bond acceptors (Lipinski definition) is 1. The zero-order valence-corrected chi connectivity index (χ0v) is 10.1. The Morgan fingerprint density at radius 3 is 2.23 bits per heavy atom. The highest BCUT2D eigenvalue weighted by atomic mass is 79.9. The van der Waals surface area contributed by atoms with Crippen molar-refractivity contribution in [1.82, 2.24) is 0 Å². The molecule has 13 heavy (non-hydrogen) atoms. The maximum absolute atomic E-state index is 9.72. The lowest BCUT2D eigenvalue weighted by molar-refractivity contribution is 0.446. The lowest BCUT2D eigenvalue weighted by atomic mass is 9.85. The zero-order valence-electron chi connectivity index (χ0n) is 8.48. The number of benzene rings is 1. The Labute approximate surface area is 87.9 Å². The second-order valence-electron chi connectivity index (χ2n) is 4.37. The predicted molar refractivity (Wildman–Crippen MR) is 59.2 cm³/mol. The van der Waals surface area contributed by atoms with Crippen LogP contribution >= 0.6 is 15.9 Å². The fourth-order valence-electron chi connectivity index (χ4n) is 1.27. The molecule has 72 valence electrons. The Bertz CT molecular complexity index is 324. The summed E-state index contributed by atoms with van der Waals surface area (Å²) in [7, 11) is 0. The van der Waals surface area contributed by atoms with Gasteiger partial charge in [0.2, 0.25) is 0 Å². The van der Waals surface area contributed by atoms with Crippen molar-refractivity contribution in [2.24, 2.45) is 0 Å². The monoisotopic (exact) mass is 242 g/mol.